The van der Waals surface area contributed by atoms with Crippen molar-refractivity contribution in [2.45, 2.75) is 18.6 Å². The van der Waals surface area contributed by atoms with Gasteiger partial charge in [-0.25, -0.2) is 9.37 Å². The van der Waals surface area contributed by atoms with Gasteiger partial charge in [0.1, 0.15) is 30.4 Å². The van der Waals surface area contributed by atoms with Crippen LogP contribution >= 0.6 is 23.1 Å². The molecule has 3 aromatic heterocycles. The number of fused-ring (bicyclic) bond motifs is 1. The Morgan fingerprint density at radius 2 is 1.76 bits per heavy atom. The molecule has 51 heavy (non-hydrogen) atoms. The summed E-state index contributed by atoms with van der Waals surface area (Å²) < 4.78 is 37.7. The molecule has 2 atom stereocenters. The molecule has 5 aromatic rings. The van der Waals surface area contributed by atoms with E-state index in [4.69, 9.17) is 9.72 Å². The Labute approximate surface area is 305 Å². The maximum absolute atomic E-state index is 15.9. The summed E-state index contributed by atoms with van der Waals surface area (Å²) in [4.78, 5) is 24.9. The first-order valence-corrected chi connectivity index (χ1v) is 20.3. The molecule has 0 saturated carbocycles. The third-order valence-electron chi connectivity index (χ3n) is 9.58. The van der Waals surface area contributed by atoms with Crippen molar-refractivity contribution >= 4 is 68.2 Å². The average molecular weight is 779 g/mol. The molecule has 7 rings (SSSR count). The molecular weight excluding hydrogens is 736 g/mol. The number of halogens is 2. The van der Waals surface area contributed by atoms with Crippen LogP contribution in [0.25, 0.3) is 22.2 Å². The highest BCUT2D eigenvalue weighted by Crippen LogP contribution is 2.43. The molecule has 2 aromatic carbocycles. The average Bonchev–Trinajstić information content (AvgIpc) is 3.55. The van der Waals surface area contributed by atoms with Gasteiger partial charge in [0.25, 0.3) is 0 Å². The molecule has 0 spiro atoms. The standard InChI is InChI=1S/C35H42BrFN11O2P/c1-45-12-14-47(15-13-45)29-8-11-48(21-25(29)37)30-17-31(50-3)28(16-23(30)22-18-41-46(2)20-22)43-35-40-19-24(36)34(44-35)42-27-7-6-26-32(39-10-9-38-26)33(27)51(4,5)49/h6-7,9-10,16-20,25,29H,8,11-15,21H2,1-5H3,(H2,40,42,43,44). The number of aryl methyl sites for hydroxylation is 1. The maximum Gasteiger partial charge on any atom is 0.229 e. The van der Waals surface area contributed by atoms with Crippen LogP contribution in [0.2, 0.25) is 0 Å². The summed E-state index contributed by atoms with van der Waals surface area (Å²) in [5.41, 5.74) is 5.14. The lowest BCUT2D eigenvalue weighted by atomic mass is 9.97. The number of anilines is 5. The molecule has 13 nitrogen and oxygen atoms in total. The number of ether oxygens (including phenoxy) is 1. The summed E-state index contributed by atoms with van der Waals surface area (Å²) in [5, 5.41) is 11.7. The van der Waals surface area contributed by atoms with Crippen molar-refractivity contribution in [1.82, 2.24) is 39.5 Å². The highest BCUT2D eigenvalue weighted by molar-refractivity contribution is 9.10. The molecule has 268 valence electrons. The predicted octanol–water partition coefficient (Wildman–Crippen LogP) is 5.49. The number of hydrogen-bond donors (Lipinski definition) is 2. The second-order valence-corrected chi connectivity index (χ2v) is 17.5. The number of methoxy groups -OCH3 is 1. The fourth-order valence-electron chi connectivity index (χ4n) is 7.00. The van der Waals surface area contributed by atoms with E-state index >= 15 is 4.39 Å². The molecule has 2 N–H and O–H groups in total. The molecule has 2 aliphatic heterocycles. The van der Waals surface area contributed by atoms with Gasteiger partial charge in [-0.15, -0.1) is 0 Å². The fourth-order valence-corrected chi connectivity index (χ4v) is 8.68. The van der Waals surface area contributed by atoms with Gasteiger partial charge in [-0.1, -0.05) is 0 Å². The van der Waals surface area contributed by atoms with E-state index in [1.54, 1.807) is 43.7 Å². The molecule has 2 aliphatic rings. The number of likely N-dealkylation sites (N-methyl/N-ethyl adjacent to an activating group) is 1. The van der Waals surface area contributed by atoms with E-state index in [-0.39, 0.29) is 12.6 Å². The zero-order valence-corrected chi connectivity index (χ0v) is 31.8. The Morgan fingerprint density at radius 3 is 2.47 bits per heavy atom. The molecule has 0 bridgehead atoms. The summed E-state index contributed by atoms with van der Waals surface area (Å²) in [5.74, 6) is 1.33. The van der Waals surface area contributed by atoms with Crippen LogP contribution in [0.15, 0.2) is 59.7 Å². The van der Waals surface area contributed by atoms with Crippen LogP contribution in [0.3, 0.4) is 0 Å². The summed E-state index contributed by atoms with van der Waals surface area (Å²) in [6, 6.07) is 7.52. The van der Waals surface area contributed by atoms with Gasteiger partial charge in [0.05, 0.1) is 46.5 Å². The monoisotopic (exact) mass is 777 g/mol. The lowest BCUT2D eigenvalue weighted by Crippen LogP contribution is -2.57. The minimum atomic E-state index is -2.79. The zero-order chi connectivity index (χ0) is 35.9. The summed E-state index contributed by atoms with van der Waals surface area (Å²) in [6.45, 7) is 8.13. The van der Waals surface area contributed by atoms with Gasteiger partial charge in [-0.3, -0.25) is 19.5 Å². The van der Waals surface area contributed by atoms with Crippen molar-refractivity contribution < 1.29 is 13.7 Å². The Kier molecular flexibility index (Phi) is 9.99. The van der Waals surface area contributed by atoms with E-state index in [1.165, 1.54) is 0 Å². The van der Waals surface area contributed by atoms with Gasteiger partial charge in [-0.05, 0) is 60.9 Å². The van der Waals surface area contributed by atoms with Crippen molar-refractivity contribution in [2.75, 3.05) is 82.3 Å². The summed E-state index contributed by atoms with van der Waals surface area (Å²) >= 11 is 3.57. The lowest BCUT2D eigenvalue weighted by molar-refractivity contribution is 0.0532. The minimum Gasteiger partial charge on any atom is -0.494 e. The van der Waals surface area contributed by atoms with Gasteiger partial charge in [-0.2, -0.15) is 10.1 Å². The molecule has 5 heterocycles. The highest BCUT2D eigenvalue weighted by atomic mass is 79.9. The number of piperidine rings is 1. The number of aromatic nitrogens is 6. The maximum atomic E-state index is 15.9. The molecule has 0 radical (unpaired) electrons. The number of rotatable bonds is 9. The number of piperazine rings is 1. The first kappa shape index (κ1) is 35.2. The topological polar surface area (TPSA) is 129 Å². The van der Waals surface area contributed by atoms with E-state index in [0.717, 1.165) is 56.0 Å². The summed E-state index contributed by atoms with van der Waals surface area (Å²) in [7, 11) is 2.81. The molecule has 2 saturated heterocycles. The van der Waals surface area contributed by atoms with Crippen molar-refractivity contribution in [3.8, 4) is 16.9 Å². The Morgan fingerprint density at radius 1 is 0.980 bits per heavy atom. The molecule has 0 aliphatic carbocycles. The Hall–Kier alpha value is -4.17. The van der Waals surface area contributed by atoms with Crippen molar-refractivity contribution in [3.63, 3.8) is 0 Å². The first-order valence-electron chi connectivity index (χ1n) is 16.9. The lowest BCUT2D eigenvalue weighted by Gasteiger charge is -2.44. The number of alkyl halides is 1. The Bertz CT molecular complexity index is 2100. The number of hydrogen-bond acceptors (Lipinski definition) is 12. The number of nitrogens with one attached hydrogen (secondary N) is 2. The van der Waals surface area contributed by atoms with Crippen LogP contribution in [-0.4, -0.2) is 118 Å². The largest absolute Gasteiger partial charge is 0.494 e. The van der Waals surface area contributed by atoms with Gasteiger partial charge in [0.2, 0.25) is 5.95 Å². The second-order valence-electron chi connectivity index (χ2n) is 13.5. The van der Waals surface area contributed by atoms with E-state index in [1.807, 2.05) is 43.7 Å². The normalized spacial score (nSPS) is 19.0. The van der Waals surface area contributed by atoms with Crippen molar-refractivity contribution in [3.05, 3.63) is 59.7 Å². The smallest absolute Gasteiger partial charge is 0.229 e. The van der Waals surface area contributed by atoms with Crippen LogP contribution < -0.4 is 25.6 Å². The van der Waals surface area contributed by atoms with E-state index in [9.17, 15) is 4.57 Å². The van der Waals surface area contributed by atoms with Crippen LogP contribution in [0, 0.1) is 0 Å². The summed E-state index contributed by atoms with van der Waals surface area (Å²) in [6.07, 6.45) is 8.36. The van der Waals surface area contributed by atoms with E-state index in [0.29, 0.717) is 49.7 Å². The second kappa shape index (κ2) is 14.5. The minimum absolute atomic E-state index is 0.0859. The molecule has 0 amide bonds. The van der Waals surface area contributed by atoms with Gasteiger partial charge >= 0.3 is 0 Å². The SMILES string of the molecule is COc1cc(N2CCC(N3CCN(C)CC3)C(F)C2)c(-c2cnn(C)c2)cc1Nc1ncc(Br)c(Nc2ccc3nccnc3c2P(C)(C)=O)n1. The third kappa shape index (κ3) is 7.43. The highest BCUT2D eigenvalue weighted by Gasteiger charge is 2.36. The molecule has 2 fully saturated rings. The molecule has 16 heteroatoms. The van der Waals surface area contributed by atoms with Gasteiger partial charge in [0, 0.05) is 93.5 Å². The van der Waals surface area contributed by atoms with Crippen molar-refractivity contribution in [2.24, 2.45) is 7.05 Å². The van der Waals surface area contributed by atoms with E-state index < -0.39 is 13.3 Å². The quantitative estimate of drug-likeness (QED) is 0.184. The number of benzene rings is 2. The van der Waals surface area contributed by atoms with Gasteiger partial charge in [0.15, 0.2) is 0 Å². The first-order chi connectivity index (χ1) is 24.5. The predicted molar refractivity (Wildman–Crippen MR) is 205 cm³/mol. The fraction of sp³-hybridized carbons (Fsp3) is 0.400. The van der Waals surface area contributed by atoms with Crippen LogP contribution in [0.5, 0.6) is 5.75 Å². The molecule has 2 unspecified atom stereocenters. The molecular formula is C35H42BrFN11O2P. The zero-order valence-electron chi connectivity index (χ0n) is 29.3. The number of nitrogens with zero attached hydrogens (tertiary/aromatic N) is 9. The van der Waals surface area contributed by atoms with Crippen molar-refractivity contribution in [1.29, 1.82) is 0 Å². The van der Waals surface area contributed by atoms with Crippen LogP contribution in [0.4, 0.5) is 33.2 Å². The van der Waals surface area contributed by atoms with Crippen LogP contribution in [0.1, 0.15) is 6.42 Å². The van der Waals surface area contributed by atoms with Crippen LogP contribution in [-0.2, 0) is 11.6 Å². The van der Waals surface area contributed by atoms with E-state index in [2.05, 4.69) is 68.4 Å². The van der Waals surface area contributed by atoms with Gasteiger partial charge < -0.3 is 29.7 Å². The Balaban J connectivity index is 1.20. The third-order valence-corrected chi connectivity index (χ3v) is 11.7.